The minimum absolute atomic E-state index is 0.119. The molecule has 0 heterocycles. The Hall–Kier alpha value is -1.35. The van der Waals surface area contributed by atoms with Gasteiger partial charge in [0.1, 0.15) is 0 Å². The maximum atomic E-state index is 10.7. The highest BCUT2D eigenvalue weighted by molar-refractivity contribution is 5.69. The van der Waals surface area contributed by atoms with Gasteiger partial charge in [0.25, 0.3) is 0 Å². The second-order valence-electron chi connectivity index (χ2n) is 4.65. The first-order valence-electron chi connectivity index (χ1n) is 6.24. The fourth-order valence-electron chi connectivity index (χ4n) is 2.45. The van der Waals surface area contributed by atoms with E-state index in [2.05, 4.69) is 18.2 Å². The van der Waals surface area contributed by atoms with E-state index in [-0.39, 0.29) is 6.54 Å². The average molecular weight is 233 g/mol. The van der Waals surface area contributed by atoms with Crippen molar-refractivity contribution in [3.8, 4) is 0 Å². The number of aryl methyl sites for hydroxylation is 2. The van der Waals surface area contributed by atoms with Crippen molar-refractivity contribution in [2.45, 2.75) is 32.7 Å². The number of aliphatic carboxylic acids is 1. The molecular weight excluding hydrogens is 214 g/mol. The molecule has 17 heavy (non-hydrogen) atoms. The monoisotopic (exact) mass is 233 g/mol. The highest BCUT2D eigenvalue weighted by atomic mass is 16.4. The van der Waals surface area contributed by atoms with E-state index < -0.39 is 5.97 Å². The van der Waals surface area contributed by atoms with Gasteiger partial charge in [-0.15, -0.1) is 0 Å². The first kappa shape index (κ1) is 12.1. The molecule has 1 aliphatic rings. The summed E-state index contributed by atoms with van der Waals surface area (Å²) >= 11 is 0. The number of nitrogens with zero attached hydrogens (tertiary/aromatic N) is 1. The van der Waals surface area contributed by atoms with Crippen molar-refractivity contribution >= 4 is 5.97 Å². The SMILES string of the molecule is CCN(CC(=O)O)Cc1ccc2c(c1)CCC2. The molecule has 0 bridgehead atoms. The van der Waals surface area contributed by atoms with Gasteiger partial charge in [-0.05, 0) is 42.5 Å². The molecule has 0 aromatic heterocycles. The van der Waals surface area contributed by atoms with Crippen LogP contribution in [-0.2, 0) is 24.2 Å². The molecule has 1 aromatic rings. The third kappa shape index (κ3) is 3.07. The van der Waals surface area contributed by atoms with Gasteiger partial charge in [-0.1, -0.05) is 25.1 Å². The molecule has 0 unspecified atom stereocenters. The van der Waals surface area contributed by atoms with Crippen LogP contribution in [0.15, 0.2) is 18.2 Å². The molecule has 0 fully saturated rings. The van der Waals surface area contributed by atoms with E-state index in [0.717, 1.165) is 13.1 Å². The van der Waals surface area contributed by atoms with Crippen molar-refractivity contribution in [2.24, 2.45) is 0 Å². The van der Waals surface area contributed by atoms with Crippen LogP contribution in [0.3, 0.4) is 0 Å². The van der Waals surface area contributed by atoms with Gasteiger partial charge in [-0.2, -0.15) is 0 Å². The molecular formula is C14H19NO2. The number of hydrogen-bond donors (Lipinski definition) is 1. The van der Waals surface area contributed by atoms with E-state index in [4.69, 9.17) is 5.11 Å². The number of likely N-dealkylation sites (N-methyl/N-ethyl adjacent to an activating group) is 1. The summed E-state index contributed by atoms with van der Waals surface area (Å²) in [6, 6.07) is 6.58. The number of rotatable bonds is 5. The van der Waals surface area contributed by atoms with Gasteiger partial charge in [0, 0.05) is 6.54 Å². The van der Waals surface area contributed by atoms with Crippen LogP contribution >= 0.6 is 0 Å². The lowest BCUT2D eigenvalue weighted by molar-refractivity contribution is -0.138. The van der Waals surface area contributed by atoms with Crippen molar-refractivity contribution in [2.75, 3.05) is 13.1 Å². The van der Waals surface area contributed by atoms with Crippen LogP contribution in [0.2, 0.25) is 0 Å². The number of hydrogen-bond acceptors (Lipinski definition) is 2. The fraction of sp³-hybridized carbons (Fsp3) is 0.500. The Morgan fingerprint density at radius 1 is 1.35 bits per heavy atom. The topological polar surface area (TPSA) is 40.5 Å². The van der Waals surface area contributed by atoms with Crippen LogP contribution in [-0.4, -0.2) is 29.1 Å². The van der Waals surface area contributed by atoms with Gasteiger partial charge in [0.05, 0.1) is 6.54 Å². The molecule has 2 rings (SSSR count). The van der Waals surface area contributed by atoms with Crippen LogP contribution in [0.5, 0.6) is 0 Å². The van der Waals surface area contributed by atoms with Crippen LogP contribution in [0, 0.1) is 0 Å². The van der Waals surface area contributed by atoms with Crippen molar-refractivity contribution in [1.82, 2.24) is 4.90 Å². The Kier molecular flexibility index (Phi) is 3.79. The van der Waals surface area contributed by atoms with Crippen molar-refractivity contribution in [3.05, 3.63) is 34.9 Å². The highest BCUT2D eigenvalue weighted by Gasteiger charge is 2.13. The average Bonchev–Trinajstić information content (AvgIpc) is 2.74. The second-order valence-corrected chi connectivity index (χ2v) is 4.65. The predicted octanol–water partition coefficient (Wildman–Crippen LogP) is 2.08. The molecule has 0 amide bonds. The standard InChI is InChI=1S/C14H19NO2/c1-2-15(10-14(16)17)9-11-6-7-12-4-3-5-13(12)8-11/h6-8H,2-5,9-10H2,1H3,(H,16,17). The quantitative estimate of drug-likeness (QED) is 0.846. The first-order chi connectivity index (χ1) is 8.19. The number of carboxylic acids is 1. The summed E-state index contributed by atoms with van der Waals surface area (Å²) in [6.45, 7) is 3.61. The van der Waals surface area contributed by atoms with Gasteiger partial charge in [-0.3, -0.25) is 9.69 Å². The van der Waals surface area contributed by atoms with Crippen LogP contribution in [0.25, 0.3) is 0 Å². The van der Waals surface area contributed by atoms with E-state index in [0.29, 0.717) is 0 Å². The predicted molar refractivity (Wildman–Crippen MR) is 67.1 cm³/mol. The van der Waals surface area contributed by atoms with Gasteiger partial charge < -0.3 is 5.11 Å². The molecule has 0 saturated carbocycles. The Balaban J connectivity index is 2.04. The van der Waals surface area contributed by atoms with Crippen molar-refractivity contribution in [1.29, 1.82) is 0 Å². The maximum Gasteiger partial charge on any atom is 0.317 e. The number of fused-ring (bicyclic) bond motifs is 1. The first-order valence-corrected chi connectivity index (χ1v) is 6.24. The molecule has 0 saturated heterocycles. The largest absolute Gasteiger partial charge is 0.480 e. The third-order valence-corrected chi connectivity index (χ3v) is 3.38. The normalized spacial score (nSPS) is 14.0. The van der Waals surface area contributed by atoms with E-state index >= 15 is 0 Å². The number of benzene rings is 1. The van der Waals surface area contributed by atoms with Crippen molar-refractivity contribution in [3.63, 3.8) is 0 Å². The molecule has 0 radical (unpaired) electrons. The fourth-order valence-corrected chi connectivity index (χ4v) is 2.45. The Labute approximate surface area is 102 Å². The number of carbonyl (C=O) groups is 1. The summed E-state index contributed by atoms with van der Waals surface area (Å²) in [5, 5.41) is 8.81. The zero-order valence-electron chi connectivity index (χ0n) is 10.3. The summed E-state index contributed by atoms with van der Waals surface area (Å²) < 4.78 is 0. The molecule has 3 heteroatoms. The van der Waals surface area contributed by atoms with E-state index in [1.165, 1.54) is 36.0 Å². The Bertz CT molecular complexity index is 415. The molecule has 1 aromatic carbocycles. The zero-order chi connectivity index (χ0) is 12.3. The molecule has 0 aliphatic heterocycles. The van der Waals surface area contributed by atoms with Gasteiger partial charge in [0.2, 0.25) is 0 Å². The maximum absolute atomic E-state index is 10.7. The second kappa shape index (κ2) is 5.32. The lowest BCUT2D eigenvalue weighted by atomic mass is 10.1. The third-order valence-electron chi connectivity index (χ3n) is 3.38. The lowest BCUT2D eigenvalue weighted by Gasteiger charge is -2.18. The van der Waals surface area contributed by atoms with E-state index in [9.17, 15) is 4.79 Å². The Morgan fingerprint density at radius 2 is 2.12 bits per heavy atom. The summed E-state index contributed by atoms with van der Waals surface area (Å²) in [6.07, 6.45) is 3.63. The van der Waals surface area contributed by atoms with E-state index in [1.807, 2.05) is 11.8 Å². The molecule has 0 atom stereocenters. The van der Waals surface area contributed by atoms with Crippen LogP contribution in [0.4, 0.5) is 0 Å². The summed E-state index contributed by atoms with van der Waals surface area (Å²) in [7, 11) is 0. The summed E-state index contributed by atoms with van der Waals surface area (Å²) in [4.78, 5) is 12.6. The van der Waals surface area contributed by atoms with E-state index in [1.54, 1.807) is 0 Å². The molecule has 1 N–H and O–H groups in total. The van der Waals surface area contributed by atoms with Gasteiger partial charge in [0.15, 0.2) is 0 Å². The van der Waals surface area contributed by atoms with Crippen molar-refractivity contribution < 1.29 is 9.90 Å². The summed E-state index contributed by atoms with van der Waals surface area (Å²) in [5.74, 6) is -0.756. The number of carboxylic acid groups (broad SMARTS) is 1. The smallest absolute Gasteiger partial charge is 0.317 e. The lowest BCUT2D eigenvalue weighted by Crippen LogP contribution is -2.29. The molecule has 1 aliphatic carbocycles. The molecule has 3 nitrogen and oxygen atoms in total. The van der Waals surface area contributed by atoms with Crippen LogP contribution in [0.1, 0.15) is 30.0 Å². The molecule has 92 valence electrons. The zero-order valence-corrected chi connectivity index (χ0v) is 10.3. The van der Waals surface area contributed by atoms with Crippen LogP contribution < -0.4 is 0 Å². The highest BCUT2D eigenvalue weighted by Crippen LogP contribution is 2.23. The van der Waals surface area contributed by atoms with Gasteiger partial charge in [-0.25, -0.2) is 0 Å². The Morgan fingerprint density at radius 3 is 2.82 bits per heavy atom. The van der Waals surface area contributed by atoms with Gasteiger partial charge >= 0.3 is 5.97 Å². The molecule has 0 spiro atoms. The minimum Gasteiger partial charge on any atom is -0.480 e. The minimum atomic E-state index is -0.756. The summed E-state index contributed by atoms with van der Waals surface area (Å²) in [5.41, 5.74) is 4.15.